The predicted octanol–water partition coefficient (Wildman–Crippen LogP) is 3.51. The van der Waals surface area contributed by atoms with Crippen LogP contribution in [0.15, 0.2) is 27.3 Å². The molecule has 1 N–H and O–H groups in total. The van der Waals surface area contributed by atoms with Gasteiger partial charge in [0.25, 0.3) is 5.91 Å². The Morgan fingerprint density at radius 3 is 2.58 bits per heavy atom. The number of hydrogen-bond acceptors (Lipinski definition) is 5. The molecule has 0 aliphatic heterocycles. The Morgan fingerprint density at radius 1 is 1.33 bits per heavy atom. The van der Waals surface area contributed by atoms with Crippen molar-refractivity contribution in [2.75, 3.05) is 19.6 Å². The number of aromatic nitrogens is 1. The smallest absolute Gasteiger partial charge is 0.256 e. The van der Waals surface area contributed by atoms with Gasteiger partial charge in [0.15, 0.2) is 5.76 Å². The van der Waals surface area contributed by atoms with E-state index < -0.39 is 0 Å². The highest BCUT2D eigenvalue weighted by atomic mass is 16.5. The molecule has 6 heteroatoms. The zero-order valence-corrected chi connectivity index (χ0v) is 15.1. The molecule has 0 aliphatic rings. The third kappa shape index (κ3) is 3.87. The molecule has 1 amide bonds. The minimum Gasteiger partial charge on any atom is -0.468 e. The average molecular weight is 333 g/mol. The molecule has 1 unspecified atom stereocenters. The molecule has 0 saturated heterocycles. The molecule has 24 heavy (non-hydrogen) atoms. The number of nitrogens with one attached hydrogen (secondary N) is 1. The van der Waals surface area contributed by atoms with E-state index in [1.54, 1.807) is 13.2 Å². The lowest BCUT2D eigenvalue weighted by molar-refractivity contribution is 0.0926. The average Bonchev–Trinajstić information content (AvgIpc) is 3.20. The standard InChI is InChI=1S/C18H27N3O3/c1-6-21(7-2)14(15-9-8-10-23-15)11-19-18(22)16-13(5)20-24-17(16)12(3)4/h8-10,12,14H,6-7,11H2,1-5H3,(H,19,22). The molecule has 0 radical (unpaired) electrons. The van der Waals surface area contributed by atoms with Gasteiger partial charge in [-0.2, -0.15) is 0 Å². The van der Waals surface area contributed by atoms with Gasteiger partial charge in [-0.25, -0.2) is 0 Å². The lowest BCUT2D eigenvalue weighted by atomic mass is 10.0. The Morgan fingerprint density at radius 2 is 2.04 bits per heavy atom. The lowest BCUT2D eigenvalue weighted by Gasteiger charge is -2.28. The Labute approximate surface area is 143 Å². The van der Waals surface area contributed by atoms with E-state index in [4.69, 9.17) is 8.94 Å². The molecule has 0 spiro atoms. The number of aryl methyl sites for hydroxylation is 1. The maximum atomic E-state index is 12.7. The van der Waals surface area contributed by atoms with E-state index in [1.165, 1.54) is 0 Å². The Bertz CT molecular complexity index is 643. The highest BCUT2D eigenvalue weighted by Crippen LogP contribution is 2.23. The van der Waals surface area contributed by atoms with Crippen molar-refractivity contribution in [1.29, 1.82) is 0 Å². The van der Waals surface area contributed by atoms with E-state index in [1.807, 2.05) is 26.0 Å². The van der Waals surface area contributed by atoms with Gasteiger partial charge in [0.1, 0.15) is 11.3 Å². The summed E-state index contributed by atoms with van der Waals surface area (Å²) >= 11 is 0. The van der Waals surface area contributed by atoms with Crippen molar-refractivity contribution >= 4 is 5.91 Å². The van der Waals surface area contributed by atoms with Gasteiger partial charge < -0.3 is 14.3 Å². The van der Waals surface area contributed by atoms with Crippen LogP contribution in [0.3, 0.4) is 0 Å². The van der Waals surface area contributed by atoms with Crippen molar-refractivity contribution in [2.45, 2.75) is 46.6 Å². The second kappa shape index (κ2) is 8.15. The number of carbonyl (C=O) groups excluding carboxylic acids is 1. The molecule has 0 bridgehead atoms. The van der Waals surface area contributed by atoms with Crippen molar-refractivity contribution in [3.8, 4) is 0 Å². The molecule has 2 aromatic heterocycles. The summed E-state index contributed by atoms with van der Waals surface area (Å²) in [6, 6.07) is 3.82. The largest absolute Gasteiger partial charge is 0.468 e. The first-order chi connectivity index (χ1) is 11.5. The number of likely N-dealkylation sites (N-methyl/N-ethyl adjacent to an activating group) is 1. The summed E-state index contributed by atoms with van der Waals surface area (Å²) in [7, 11) is 0. The van der Waals surface area contributed by atoms with Crippen LogP contribution in [0.4, 0.5) is 0 Å². The van der Waals surface area contributed by atoms with Crippen molar-refractivity contribution in [2.24, 2.45) is 0 Å². The van der Waals surface area contributed by atoms with E-state index in [-0.39, 0.29) is 17.9 Å². The van der Waals surface area contributed by atoms with Crippen LogP contribution in [0.5, 0.6) is 0 Å². The lowest BCUT2D eigenvalue weighted by Crippen LogP contribution is -2.38. The number of nitrogens with zero attached hydrogens (tertiary/aromatic N) is 2. The van der Waals surface area contributed by atoms with E-state index >= 15 is 0 Å². The summed E-state index contributed by atoms with van der Waals surface area (Å²) in [4.78, 5) is 14.9. The molecule has 132 valence electrons. The van der Waals surface area contributed by atoms with Gasteiger partial charge in [0.05, 0.1) is 18.0 Å². The molecule has 2 rings (SSSR count). The van der Waals surface area contributed by atoms with E-state index in [0.29, 0.717) is 23.6 Å². The highest BCUT2D eigenvalue weighted by Gasteiger charge is 2.25. The van der Waals surface area contributed by atoms with E-state index in [0.717, 1.165) is 18.8 Å². The highest BCUT2D eigenvalue weighted by molar-refractivity contribution is 5.96. The SMILES string of the molecule is CCN(CC)C(CNC(=O)c1c(C)noc1C(C)C)c1ccco1. The topological polar surface area (TPSA) is 71.5 Å². The summed E-state index contributed by atoms with van der Waals surface area (Å²) < 4.78 is 10.9. The van der Waals surface area contributed by atoms with Crippen molar-refractivity contribution in [3.05, 3.63) is 41.2 Å². The zero-order chi connectivity index (χ0) is 17.7. The third-order valence-corrected chi connectivity index (χ3v) is 4.22. The van der Waals surface area contributed by atoms with Crippen LogP contribution in [-0.2, 0) is 0 Å². The summed E-state index contributed by atoms with van der Waals surface area (Å²) in [6.45, 7) is 12.2. The quantitative estimate of drug-likeness (QED) is 0.800. The second-order valence-corrected chi connectivity index (χ2v) is 6.12. The first-order valence-corrected chi connectivity index (χ1v) is 8.51. The Balaban J connectivity index is 2.15. The van der Waals surface area contributed by atoms with Crippen LogP contribution in [0, 0.1) is 6.92 Å². The van der Waals surface area contributed by atoms with Crippen LogP contribution in [0.25, 0.3) is 0 Å². The van der Waals surface area contributed by atoms with Crippen LogP contribution < -0.4 is 5.32 Å². The number of hydrogen-bond donors (Lipinski definition) is 1. The fourth-order valence-corrected chi connectivity index (χ4v) is 2.89. The van der Waals surface area contributed by atoms with Crippen molar-refractivity contribution < 1.29 is 13.7 Å². The van der Waals surface area contributed by atoms with Crippen molar-refractivity contribution in [1.82, 2.24) is 15.4 Å². The van der Waals surface area contributed by atoms with Crippen LogP contribution in [0.1, 0.15) is 67.2 Å². The van der Waals surface area contributed by atoms with Crippen LogP contribution >= 0.6 is 0 Å². The first-order valence-electron chi connectivity index (χ1n) is 8.51. The van der Waals surface area contributed by atoms with Gasteiger partial charge in [-0.05, 0) is 32.1 Å². The van der Waals surface area contributed by atoms with Crippen molar-refractivity contribution in [3.63, 3.8) is 0 Å². The number of carbonyl (C=O) groups is 1. The van der Waals surface area contributed by atoms with E-state index in [9.17, 15) is 4.79 Å². The summed E-state index contributed by atoms with van der Waals surface area (Å²) in [5.41, 5.74) is 1.16. The predicted molar refractivity (Wildman–Crippen MR) is 92.0 cm³/mol. The Kier molecular flexibility index (Phi) is 6.20. The monoisotopic (exact) mass is 333 g/mol. The molecule has 1 atom stereocenters. The molecular formula is C18H27N3O3. The summed E-state index contributed by atoms with van der Waals surface area (Å²) in [6.07, 6.45) is 1.66. The zero-order valence-electron chi connectivity index (χ0n) is 15.1. The van der Waals surface area contributed by atoms with Crippen LogP contribution in [-0.4, -0.2) is 35.6 Å². The van der Waals surface area contributed by atoms with Gasteiger partial charge >= 0.3 is 0 Å². The second-order valence-electron chi connectivity index (χ2n) is 6.12. The molecule has 2 aromatic rings. The van der Waals surface area contributed by atoms with Crippen LogP contribution in [0.2, 0.25) is 0 Å². The Hall–Kier alpha value is -2.08. The molecule has 0 fully saturated rings. The number of amides is 1. The molecule has 0 aromatic carbocycles. The molecule has 2 heterocycles. The molecular weight excluding hydrogens is 306 g/mol. The third-order valence-electron chi connectivity index (χ3n) is 4.22. The first kappa shape index (κ1) is 18.3. The fourth-order valence-electron chi connectivity index (χ4n) is 2.89. The van der Waals surface area contributed by atoms with Gasteiger partial charge in [-0.1, -0.05) is 32.9 Å². The fraction of sp³-hybridized carbons (Fsp3) is 0.556. The van der Waals surface area contributed by atoms with Gasteiger partial charge in [0.2, 0.25) is 0 Å². The minimum atomic E-state index is -0.152. The summed E-state index contributed by atoms with van der Waals surface area (Å²) in [5.74, 6) is 1.43. The minimum absolute atomic E-state index is 0.00150. The van der Waals surface area contributed by atoms with Gasteiger partial charge in [0, 0.05) is 12.5 Å². The molecule has 6 nitrogen and oxygen atoms in total. The van der Waals surface area contributed by atoms with E-state index in [2.05, 4.69) is 29.2 Å². The normalized spacial score (nSPS) is 12.8. The number of rotatable bonds is 8. The molecule has 0 saturated carbocycles. The van der Waals surface area contributed by atoms with Gasteiger partial charge in [-0.3, -0.25) is 9.69 Å². The molecule has 0 aliphatic carbocycles. The maximum absolute atomic E-state index is 12.7. The van der Waals surface area contributed by atoms with Gasteiger partial charge in [-0.15, -0.1) is 0 Å². The number of furan rings is 1. The summed E-state index contributed by atoms with van der Waals surface area (Å²) in [5, 5.41) is 6.96. The maximum Gasteiger partial charge on any atom is 0.256 e.